The predicted molar refractivity (Wildman–Crippen MR) is 52.9 cm³/mol. The first-order valence-electron chi connectivity index (χ1n) is 4.40. The van der Waals surface area contributed by atoms with Crippen LogP contribution in [0.15, 0.2) is 12.1 Å². The first-order chi connectivity index (χ1) is 7.15. The van der Waals surface area contributed by atoms with Crippen LogP contribution in [0.2, 0.25) is 0 Å². The van der Waals surface area contributed by atoms with Crippen molar-refractivity contribution in [3.8, 4) is 6.07 Å². The molecule has 4 heteroatoms. The van der Waals surface area contributed by atoms with Crippen molar-refractivity contribution < 1.29 is 14.7 Å². The maximum absolute atomic E-state index is 11.0. The maximum Gasteiger partial charge on any atom is 0.336 e. The van der Waals surface area contributed by atoms with Crippen LogP contribution in [0.25, 0.3) is 0 Å². The van der Waals surface area contributed by atoms with Gasteiger partial charge < -0.3 is 5.11 Å². The maximum atomic E-state index is 11.0. The van der Waals surface area contributed by atoms with E-state index in [-0.39, 0.29) is 16.7 Å². The Hall–Kier alpha value is -2.15. The highest BCUT2D eigenvalue weighted by Crippen LogP contribution is 2.18. The van der Waals surface area contributed by atoms with Gasteiger partial charge in [0.2, 0.25) is 0 Å². The second-order valence-electron chi connectivity index (χ2n) is 2.95. The molecule has 1 rings (SSSR count). The van der Waals surface area contributed by atoms with E-state index in [0.717, 1.165) is 0 Å². The normalized spacial score (nSPS) is 9.33. The molecule has 0 spiro atoms. The molecule has 76 valence electrons. The molecular weight excluding hydrogens is 194 g/mol. The fourth-order valence-electron chi connectivity index (χ4n) is 1.43. The topological polar surface area (TPSA) is 78.2 Å². The summed E-state index contributed by atoms with van der Waals surface area (Å²) in [6.45, 7) is 1.79. The number of carbonyl (C=O) groups is 2. The largest absolute Gasteiger partial charge is 0.478 e. The summed E-state index contributed by atoms with van der Waals surface area (Å²) >= 11 is 0. The fraction of sp³-hybridized carbons (Fsp3) is 0.182. The third kappa shape index (κ3) is 1.86. The lowest BCUT2D eigenvalue weighted by Gasteiger charge is -2.07. The van der Waals surface area contributed by atoms with Gasteiger partial charge in [0.05, 0.1) is 17.2 Å². The number of aldehydes is 1. The first-order valence-corrected chi connectivity index (χ1v) is 4.40. The smallest absolute Gasteiger partial charge is 0.336 e. The van der Waals surface area contributed by atoms with E-state index in [9.17, 15) is 9.59 Å². The summed E-state index contributed by atoms with van der Waals surface area (Å²) in [4.78, 5) is 21.7. The van der Waals surface area contributed by atoms with E-state index < -0.39 is 5.97 Å². The summed E-state index contributed by atoms with van der Waals surface area (Å²) in [5.41, 5.74) is 0.555. The first kappa shape index (κ1) is 10.9. The summed E-state index contributed by atoms with van der Waals surface area (Å²) in [5, 5.41) is 17.7. The average Bonchev–Trinajstić information content (AvgIpc) is 2.26. The minimum atomic E-state index is -1.17. The lowest BCUT2D eigenvalue weighted by atomic mass is 9.96. The van der Waals surface area contributed by atoms with Crippen LogP contribution in [0.1, 0.15) is 38.8 Å². The van der Waals surface area contributed by atoms with Crippen molar-refractivity contribution in [3.05, 3.63) is 34.4 Å². The second-order valence-corrected chi connectivity index (χ2v) is 2.95. The van der Waals surface area contributed by atoms with E-state index in [4.69, 9.17) is 10.4 Å². The highest BCUT2D eigenvalue weighted by molar-refractivity contribution is 6.00. The number of aromatic carboxylic acids is 1. The van der Waals surface area contributed by atoms with Crippen molar-refractivity contribution in [1.29, 1.82) is 5.26 Å². The van der Waals surface area contributed by atoms with Gasteiger partial charge in [-0.3, -0.25) is 4.79 Å². The number of benzene rings is 1. The molecule has 1 aromatic rings. The lowest BCUT2D eigenvalue weighted by Crippen LogP contribution is -2.08. The summed E-state index contributed by atoms with van der Waals surface area (Å²) in [6, 6.07) is 4.83. The molecule has 1 aromatic carbocycles. The van der Waals surface area contributed by atoms with Gasteiger partial charge in [-0.05, 0) is 18.1 Å². The van der Waals surface area contributed by atoms with Crippen molar-refractivity contribution in [3.63, 3.8) is 0 Å². The minimum Gasteiger partial charge on any atom is -0.478 e. The Morgan fingerprint density at radius 3 is 2.67 bits per heavy atom. The van der Waals surface area contributed by atoms with Gasteiger partial charge in [0.25, 0.3) is 0 Å². The van der Waals surface area contributed by atoms with Crippen LogP contribution < -0.4 is 0 Å². The lowest BCUT2D eigenvalue weighted by molar-refractivity contribution is 0.0692. The molecule has 0 unspecified atom stereocenters. The zero-order chi connectivity index (χ0) is 11.4. The Balaban J connectivity index is 3.60. The van der Waals surface area contributed by atoms with Gasteiger partial charge in [-0.25, -0.2) is 4.79 Å². The zero-order valence-corrected chi connectivity index (χ0v) is 8.15. The number of hydrogen-bond acceptors (Lipinski definition) is 3. The molecule has 0 aromatic heterocycles. The highest BCUT2D eigenvalue weighted by atomic mass is 16.4. The number of rotatable bonds is 3. The third-order valence-corrected chi connectivity index (χ3v) is 2.16. The van der Waals surface area contributed by atoms with Gasteiger partial charge in [-0.2, -0.15) is 5.26 Å². The number of nitriles is 1. The van der Waals surface area contributed by atoms with E-state index in [2.05, 4.69) is 0 Å². The van der Waals surface area contributed by atoms with Crippen molar-refractivity contribution in [2.24, 2.45) is 0 Å². The van der Waals surface area contributed by atoms with Crippen LogP contribution >= 0.6 is 0 Å². The second kappa shape index (κ2) is 4.38. The highest BCUT2D eigenvalue weighted by Gasteiger charge is 2.17. The average molecular weight is 203 g/mol. The summed E-state index contributed by atoms with van der Waals surface area (Å²) in [6.07, 6.45) is 0.926. The molecule has 0 radical (unpaired) electrons. The van der Waals surface area contributed by atoms with Crippen molar-refractivity contribution in [2.45, 2.75) is 13.3 Å². The molecule has 0 aliphatic heterocycles. The van der Waals surface area contributed by atoms with Crippen molar-refractivity contribution in [1.82, 2.24) is 0 Å². The van der Waals surface area contributed by atoms with Crippen molar-refractivity contribution in [2.75, 3.05) is 0 Å². The summed E-state index contributed by atoms with van der Waals surface area (Å²) in [5.74, 6) is -1.17. The van der Waals surface area contributed by atoms with Crippen molar-refractivity contribution >= 4 is 12.3 Å². The van der Waals surface area contributed by atoms with E-state index in [1.54, 1.807) is 19.1 Å². The quantitative estimate of drug-likeness (QED) is 0.757. The Morgan fingerprint density at radius 1 is 1.60 bits per heavy atom. The molecule has 0 atom stereocenters. The Kier molecular flexibility index (Phi) is 3.19. The zero-order valence-electron chi connectivity index (χ0n) is 8.15. The molecule has 0 saturated heterocycles. The molecule has 0 aliphatic carbocycles. The van der Waals surface area contributed by atoms with Gasteiger partial charge in [0, 0.05) is 5.56 Å². The standard InChI is InChI=1S/C11H9NO3/c1-2-7-3-4-8(5-12)9(6-13)10(7)11(14)15/h3-4,6H,2H2,1H3,(H,14,15). The summed E-state index contributed by atoms with van der Waals surface area (Å²) < 4.78 is 0. The number of carboxylic acids is 1. The summed E-state index contributed by atoms with van der Waals surface area (Å²) in [7, 11) is 0. The van der Waals surface area contributed by atoms with Gasteiger partial charge >= 0.3 is 5.97 Å². The van der Waals surface area contributed by atoms with Crippen LogP contribution in [0.3, 0.4) is 0 Å². The molecule has 15 heavy (non-hydrogen) atoms. The van der Waals surface area contributed by atoms with E-state index in [1.165, 1.54) is 6.07 Å². The predicted octanol–water partition coefficient (Wildman–Crippen LogP) is 1.63. The van der Waals surface area contributed by atoms with E-state index >= 15 is 0 Å². The van der Waals surface area contributed by atoms with Crippen LogP contribution in [0.4, 0.5) is 0 Å². The van der Waals surface area contributed by atoms with Gasteiger partial charge in [0.1, 0.15) is 0 Å². The number of nitrogens with zero attached hydrogens (tertiary/aromatic N) is 1. The molecule has 0 aliphatic rings. The van der Waals surface area contributed by atoms with E-state index in [1.807, 2.05) is 0 Å². The molecule has 0 saturated carbocycles. The fourth-order valence-corrected chi connectivity index (χ4v) is 1.43. The van der Waals surface area contributed by atoms with E-state index in [0.29, 0.717) is 18.3 Å². The third-order valence-electron chi connectivity index (χ3n) is 2.16. The SMILES string of the molecule is CCc1ccc(C#N)c(C=O)c1C(=O)O. The molecule has 0 heterocycles. The molecular formula is C11H9NO3. The molecule has 1 N–H and O–H groups in total. The van der Waals surface area contributed by atoms with Gasteiger partial charge in [-0.1, -0.05) is 13.0 Å². The molecule has 0 fully saturated rings. The minimum absolute atomic E-state index is 0.0376. The van der Waals surface area contributed by atoms with Crippen LogP contribution in [0.5, 0.6) is 0 Å². The monoisotopic (exact) mass is 203 g/mol. The number of carboxylic acid groups (broad SMARTS) is 1. The number of carbonyl (C=O) groups excluding carboxylic acids is 1. The molecule has 0 amide bonds. The van der Waals surface area contributed by atoms with Crippen LogP contribution in [-0.2, 0) is 6.42 Å². The van der Waals surface area contributed by atoms with Crippen LogP contribution in [-0.4, -0.2) is 17.4 Å². The number of hydrogen-bond donors (Lipinski definition) is 1. The molecule has 4 nitrogen and oxygen atoms in total. The van der Waals surface area contributed by atoms with Gasteiger partial charge in [-0.15, -0.1) is 0 Å². The van der Waals surface area contributed by atoms with Gasteiger partial charge in [0.15, 0.2) is 6.29 Å². The Morgan fingerprint density at radius 2 is 2.27 bits per heavy atom. The number of aryl methyl sites for hydroxylation is 1. The van der Waals surface area contributed by atoms with Crippen LogP contribution in [0, 0.1) is 11.3 Å². The Labute approximate surface area is 86.8 Å². The Bertz CT molecular complexity index is 458. The molecule has 0 bridgehead atoms.